The molecule has 0 aromatic rings. The van der Waals surface area contributed by atoms with E-state index in [1.807, 2.05) is 0 Å². The molecule has 0 aliphatic carbocycles. The monoisotopic (exact) mass is 480 g/mol. The molecule has 0 fully saturated rings. The quantitative estimate of drug-likeness (QED) is 0.143. The molecular weight excluding hydrogens is 440 g/mol. The molecule has 0 saturated carbocycles. The van der Waals surface area contributed by atoms with E-state index < -0.39 is 17.6 Å². The number of rotatable bonds is 16. The van der Waals surface area contributed by atoms with Gasteiger partial charge in [0.2, 0.25) is 0 Å². The molecule has 0 aliphatic heterocycles. The summed E-state index contributed by atoms with van der Waals surface area (Å²) in [6.45, 7) is 10.7. The molecule has 0 aromatic heterocycles. The van der Waals surface area contributed by atoms with E-state index in [1.54, 1.807) is 56.5 Å². The minimum atomic E-state index is -2.53. The number of carbonyl (C=O) groups is 2. The van der Waals surface area contributed by atoms with E-state index >= 15 is 0 Å². The molecule has 0 aliphatic rings. The van der Waals surface area contributed by atoms with Crippen molar-refractivity contribution in [2.45, 2.75) is 45.2 Å². The zero-order valence-corrected chi connectivity index (χ0v) is 22.3. The molecule has 0 spiro atoms. The summed E-state index contributed by atoms with van der Waals surface area (Å²) >= 11 is 0. The molecule has 182 valence electrons. The van der Waals surface area contributed by atoms with Crippen LogP contribution in [0.1, 0.15) is 33.1 Å². The number of ether oxygens (including phenoxy) is 1. The Kier molecular flexibility index (Phi) is 17.9. The number of carbonyl (C=O) groups excluding carboxylic acids is 2. The molecule has 0 unspecified atom stereocenters. The van der Waals surface area contributed by atoms with Crippen LogP contribution in [0, 0.1) is 0 Å². The van der Waals surface area contributed by atoms with Gasteiger partial charge in [0.1, 0.15) is 0 Å². The highest BCUT2D eigenvalue weighted by molar-refractivity contribution is 6.60. The highest BCUT2D eigenvalue weighted by atomic mass is 28.4. The van der Waals surface area contributed by atoms with Gasteiger partial charge in [0, 0.05) is 66.7 Å². The largest absolute Gasteiger partial charge is 0.500 e. The Bertz CT molecular complexity index is 542. The SMILES string of the molecule is C=C(C)C(=O)CCC[Si](OC)(OC)OC.C=C(C)C(=O)OCCC[Si](OC)(OC)OC. The Morgan fingerprint density at radius 2 is 1.06 bits per heavy atom. The molecule has 11 heteroatoms. The highest BCUT2D eigenvalue weighted by Crippen LogP contribution is 2.17. The Morgan fingerprint density at radius 1 is 0.677 bits per heavy atom. The van der Waals surface area contributed by atoms with Crippen LogP contribution in [0.2, 0.25) is 12.1 Å². The molecule has 9 nitrogen and oxygen atoms in total. The van der Waals surface area contributed by atoms with Crippen molar-refractivity contribution in [2.24, 2.45) is 0 Å². The van der Waals surface area contributed by atoms with E-state index in [-0.39, 0.29) is 11.8 Å². The van der Waals surface area contributed by atoms with Gasteiger partial charge < -0.3 is 31.3 Å². The first kappa shape index (κ1) is 32.0. The first-order valence-electron chi connectivity index (χ1n) is 9.84. The van der Waals surface area contributed by atoms with E-state index in [0.29, 0.717) is 49.1 Å². The van der Waals surface area contributed by atoms with Crippen LogP contribution in [0.25, 0.3) is 0 Å². The predicted octanol–water partition coefficient (Wildman–Crippen LogP) is 3.16. The van der Waals surface area contributed by atoms with Crippen LogP contribution < -0.4 is 0 Å². The second-order valence-electron chi connectivity index (χ2n) is 6.67. The normalized spacial score (nSPS) is 11.4. The van der Waals surface area contributed by atoms with Crippen molar-refractivity contribution in [3.05, 3.63) is 24.3 Å². The third kappa shape index (κ3) is 13.1. The minimum absolute atomic E-state index is 0.0845. The molecular formula is C20H40O9Si2. The van der Waals surface area contributed by atoms with Crippen molar-refractivity contribution in [1.29, 1.82) is 0 Å². The number of hydrogen-bond acceptors (Lipinski definition) is 9. The minimum Gasteiger partial charge on any atom is -0.462 e. The maximum atomic E-state index is 11.3. The van der Waals surface area contributed by atoms with Gasteiger partial charge in [-0.1, -0.05) is 13.2 Å². The van der Waals surface area contributed by atoms with Crippen molar-refractivity contribution < 1.29 is 40.9 Å². The van der Waals surface area contributed by atoms with Crippen LogP contribution >= 0.6 is 0 Å². The third-order valence-electron chi connectivity index (χ3n) is 4.44. The summed E-state index contributed by atoms with van der Waals surface area (Å²) in [5, 5.41) is 0. The van der Waals surface area contributed by atoms with E-state index in [2.05, 4.69) is 13.2 Å². The van der Waals surface area contributed by atoms with Crippen molar-refractivity contribution in [2.75, 3.05) is 49.3 Å². The number of Topliss-reactive ketones (excluding diaryl/α,β-unsaturated/α-hetero) is 1. The van der Waals surface area contributed by atoms with Gasteiger partial charge >= 0.3 is 23.6 Å². The number of allylic oxidation sites excluding steroid dienone is 1. The zero-order valence-electron chi connectivity index (χ0n) is 20.3. The molecule has 31 heavy (non-hydrogen) atoms. The lowest BCUT2D eigenvalue weighted by Gasteiger charge is -2.24. The summed E-state index contributed by atoms with van der Waals surface area (Å²) < 4.78 is 36.3. The van der Waals surface area contributed by atoms with Gasteiger partial charge in [-0.15, -0.1) is 0 Å². The van der Waals surface area contributed by atoms with Crippen LogP contribution in [0.15, 0.2) is 24.3 Å². The Hall–Kier alpha value is -1.19. The molecule has 0 bridgehead atoms. The van der Waals surface area contributed by atoms with Gasteiger partial charge in [0.15, 0.2) is 5.78 Å². The number of esters is 1. The van der Waals surface area contributed by atoms with Gasteiger partial charge in [0.25, 0.3) is 0 Å². The van der Waals surface area contributed by atoms with Gasteiger partial charge in [-0.25, -0.2) is 4.79 Å². The van der Waals surface area contributed by atoms with Crippen molar-refractivity contribution >= 4 is 29.4 Å². The second kappa shape index (κ2) is 17.4. The van der Waals surface area contributed by atoms with E-state index in [1.165, 1.54) is 0 Å². The summed E-state index contributed by atoms with van der Waals surface area (Å²) in [5.41, 5.74) is 0.989. The lowest BCUT2D eigenvalue weighted by molar-refractivity contribution is -0.139. The smallest absolute Gasteiger partial charge is 0.462 e. The average molecular weight is 481 g/mol. The highest BCUT2D eigenvalue weighted by Gasteiger charge is 2.37. The van der Waals surface area contributed by atoms with Crippen molar-refractivity contribution in [3.63, 3.8) is 0 Å². The molecule has 0 radical (unpaired) electrons. The van der Waals surface area contributed by atoms with Crippen LogP contribution in [0.5, 0.6) is 0 Å². The lowest BCUT2D eigenvalue weighted by atomic mass is 10.1. The van der Waals surface area contributed by atoms with E-state index in [9.17, 15) is 9.59 Å². The van der Waals surface area contributed by atoms with E-state index in [4.69, 9.17) is 31.3 Å². The Morgan fingerprint density at radius 3 is 1.39 bits per heavy atom. The Balaban J connectivity index is 0. The van der Waals surface area contributed by atoms with Gasteiger partial charge in [0.05, 0.1) is 6.61 Å². The van der Waals surface area contributed by atoms with Crippen LogP contribution in [-0.4, -0.2) is 78.6 Å². The molecule has 0 rings (SSSR count). The number of ketones is 1. The fourth-order valence-electron chi connectivity index (χ4n) is 2.37. The van der Waals surface area contributed by atoms with Crippen LogP contribution in [0.4, 0.5) is 0 Å². The third-order valence-corrected chi connectivity index (χ3v) is 10.1. The summed E-state index contributed by atoms with van der Waals surface area (Å²) in [6, 6.07) is 1.26. The zero-order chi connectivity index (χ0) is 24.5. The average Bonchev–Trinajstić information content (AvgIpc) is 2.77. The first-order valence-corrected chi connectivity index (χ1v) is 13.7. The summed E-state index contributed by atoms with van der Waals surface area (Å²) in [5.74, 6) is -0.291. The fourth-order valence-corrected chi connectivity index (χ4v) is 5.78. The standard InChI is InChI=1S/C10H20O5Si.C10H20O4Si/c1-9(2)10(11)15-7-6-8-16(12-3,13-4)14-5;1-9(2)10(11)7-6-8-15(12-3,13-4)14-5/h1,6-8H2,2-5H3;1,6-8H2,2-5H3. The number of hydrogen-bond donors (Lipinski definition) is 0. The van der Waals surface area contributed by atoms with Gasteiger partial charge in [-0.3, -0.25) is 4.79 Å². The molecule has 0 N–H and O–H groups in total. The molecule has 0 heterocycles. The second-order valence-corrected chi connectivity index (χ2v) is 12.8. The summed E-state index contributed by atoms with van der Waals surface area (Å²) in [4.78, 5) is 22.4. The van der Waals surface area contributed by atoms with Gasteiger partial charge in [-0.2, -0.15) is 0 Å². The predicted molar refractivity (Wildman–Crippen MR) is 123 cm³/mol. The topological polar surface area (TPSA) is 98.8 Å². The van der Waals surface area contributed by atoms with Crippen LogP contribution in [0.3, 0.4) is 0 Å². The van der Waals surface area contributed by atoms with Crippen molar-refractivity contribution in [1.82, 2.24) is 0 Å². The molecule has 0 amide bonds. The summed E-state index contributed by atoms with van der Waals surface area (Å²) in [7, 11) is 4.34. The Labute approximate surface area is 189 Å². The van der Waals surface area contributed by atoms with Crippen LogP contribution in [-0.2, 0) is 40.9 Å². The van der Waals surface area contributed by atoms with Crippen molar-refractivity contribution in [3.8, 4) is 0 Å². The molecule has 0 aromatic carbocycles. The molecule has 0 saturated heterocycles. The fraction of sp³-hybridized carbons (Fsp3) is 0.700. The molecule has 0 atom stereocenters. The first-order chi connectivity index (χ1) is 14.5. The maximum Gasteiger partial charge on any atom is 0.500 e. The van der Waals surface area contributed by atoms with E-state index in [0.717, 1.165) is 0 Å². The lowest BCUT2D eigenvalue weighted by Crippen LogP contribution is -2.42. The summed E-state index contributed by atoms with van der Waals surface area (Å²) in [6.07, 6.45) is 1.81. The van der Waals surface area contributed by atoms with Gasteiger partial charge in [-0.05, 0) is 32.3 Å². The maximum absolute atomic E-state index is 11.3.